The molecule has 5 heteroatoms. The molecule has 0 amide bonds. The van der Waals surface area contributed by atoms with Crippen molar-refractivity contribution in [1.82, 2.24) is 15.2 Å². The molecule has 1 heterocycles. The molecular formula is C13H17BrN4. The molecule has 2 aromatic rings. The van der Waals surface area contributed by atoms with Crippen LogP contribution in [-0.2, 0) is 6.54 Å². The molecule has 96 valence electrons. The second kappa shape index (κ2) is 6.13. The summed E-state index contributed by atoms with van der Waals surface area (Å²) in [6.45, 7) is 3.06. The number of nitrogens with zero attached hydrogens (tertiary/aromatic N) is 2. The van der Waals surface area contributed by atoms with E-state index >= 15 is 0 Å². The first-order valence-electron chi connectivity index (χ1n) is 5.98. The molecule has 1 unspecified atom stereocenters. The normalized spacial score (nSPS) is 12.6. The first-order valence-corrected chi connectivity index (χ1v) is 6.78. The Morgan fingerprint density at radius 1 is 1.33 bits per heavy atom. The van der Waals surface area contributed by atoms with Gasteiger partial charge in [0.1, 0.15) is 0 Å². The summed E-state index contributed by atoms with van der Waals surface area (Å²) >= 11 is 3.43. The SMILES string of the molecule is CCCn1cc(C(NN)c2ccc(Br)cc2)cn1. The minimum absolute atomic E-state index is 0.0243. The Kier molecular flexibility index (Phi) is 4.52. The number of aromatic nitrogens is 2. The molecule has 0 fully saturated rings. The molecule has 0 aliphatic heterocycles. The molecule has 1 aromatic carbocycles. The molecule has 0 aliphatic carbocycles. The van der Waals surface area contributed by atoms with Gasteiger partial charge in [-0.2, -0.15) is 5.10 Å². The largest absolute Gasteiger partial charge is 0.272 e. The third-order valence-electron chi connectivity index (χ3n) is 2.81. The minimum Gasteiger partial charge on any atom is -0.272 e. The Balaban J connectivity index is 2.24. The topological polar surface area (TPSA) is 55.9 Å². The maximum Gasteiger partial charge on any atom is 0.0740 e. The summed E-state index contributed by atoms with van der Waals surface area (Å²) in [5.74, 6) is 5.66. The van der Waals surface area contributed by atoms with Gasteiger partial charge in [0.25, 0.3) is 0 Å². The van der Waals surface area contributed by atoms with Crippen molar-refractivity contribution in [1.29, 1.82) is 0 Å². The van der Waals surface area contributed by atoms with Crippen LogP contribution in [0.1, 0.15) is 30.5 Å². The van der Waals surface area contributed by atoms with Crippen LogP contribution in [-0.4, -0.2) is 9.78 Å². The van der Waals surface area contributed by atoms with Crippen LogP contribution in [0.5, 0.6) is 0 Å². The maximum atomic E-state index is 5.66. The fourth-order valence-electron chi connectivity index (χ4n) is 1.92. The van der Waals surface area contributed by atoms with Crippen molar-refractivity contribution >= 4 is 15.9 Å². The van der Waals surface area contributed by atoms with Crippen molar-refractivity contribution in [2.75, 3.05) is 0 Å². The molecule has 4 nitrogen and oxygen atoms in total. The van der Waals surface area contributed by atoms with Crippen molar-refractivity contribution in [2.24, 2.45) is 5.84 Å². The molecule has 0 bridgehead atoms. The molecule has 0 saturated heterocycles. The minimum atomic E-state index is -0.0243. The van der Waals surface area contributed by atoms with E-state index in [4.69, 9.17) is 5.84 Å². The molecule has 0 saturated carbocycles. The number of hydrazine groups is 1. The second-order valence-corrected chi connectivity index (χ2v) is 5.10. The molecule has 2 rings (SSSR count). The number of halogens is 1. The van der Waals surface area contributed by atoms with Crippen LogP contribution in [0, 0.1) is 0 Å². The summed E-state index contributed by atoms with van der Waals surface area (Å²) in [5, 5.41) is 4.33. The van der Waals surface area contributed by atoms with Gasteiger partial charge in [0.05, 0.1) is 12.2 Å². The number of nitrogens with one attached hydrogen (secondary N) is 1. The maximum absolute atomic E-state index is 5.66. The predicted octanol–water partition coefficient (Wildman–Crippen LogP) is 2.61. The first kappa shape index (κ1) is 13.3. The van der Waals surface area contributed by atoms with E-state index in [9.17, 15) is 0 Å². The van der Waals surface area contributed by atoms with Crippen molar-refractivity contribution in [2.45, 2.75) is 25.9 Å². The van der Waals surface area contributed by atoms with Gasteiger partial charge in [-0.1, -0.05) is 35.0 Å². The van der Waals surface area contributed by atoms with Gasteiger partial charge in [-0.25, -0.2) is 5.43 Å². The van der Waals surface area contributed by atoms with E-state index in [0.29, 0.717) is 0 Å². The van der Waals surface area contributed by atoms with Gasteiger partial charge in [0.15, 0.2) is 0 Å². The van der Waals surface area contributed by atoms with Gasteiger partial charge in [-0.15, -0.1) is 0 Å². The second-order valence-electron chi connectivity index (χ2n) is 4.19. The summed E-state index contributed by atoms with van der Waals surface area (Å²) in [7, 11) is 0. The van der Waals surface area contributed by atoms with Crippen LogP contribution in [0.2, 0.25) is 0 Å². The van der Waals surface area contributed by atoms with Gasteiger partial charge in [0.2, 0.25) is 0 Å². The van der Waals surface area contributed by atoms with Gasteiger partial charge in [0, 0.05) is 22.8 Å². The number of aryl methyl sites for hydroxylation is 1. The summed E-state index contributed by atoms with van der Waals surface area (Å²) in [6, 6.07) is 8.09. The molecule has 0 spiro atoms. The Morgan fingerprint density at radius 2 is 2.06 bits per heavy atom. The molecule has 0 aliphatic rings. The van der Waals surface area contributed by atoms with E-state index in [1.54, 1.807) is 0 Å². The van der Waals surface area contributed by atoms with Crippen LogP contribution in [0.25, 0.3) is 0 Å². The van der Waals surface area contributed by atoms with Crippen LogP contribution < -0.4 is 11.3 Å². The number of hydrogen-bond donors (Lipinski definition) is 2. The highest BCUT2D eigenvalue weighted by Gasteiger charge is 2.14. The van der Waals surface area contributed by atoms with Crippen LogP contribution in [0.4, 0.5) is 0 Å². The molecule has 1 aromatic heterocycles. The van der Waals surface area contributed by atoms with E-state index in [2.05, 4.69) is 33.4 Å². The number of nitrogens with two attached hydrogens (primary N) is 1. The van der Waals surface area contributed by atoms with E-state index in [0.717, 1.165) is 28.6 Å². The van der Waals surface area contributed by atoms with Crippen molar-refractivity contribution in [3.63, 3.8) is 0 Å². The fourth-order valence-corrected chi connectivity index (χ4v) is 2.18. The van der Waals surface area contributed by atoms with Gasteiger partial charge < -0.3 is 0 Å². The molecular weight excluding hydrogens is 292 g/mol. The van der Waals surface area contributed by atoms with Gasteiger partial charge >= 0.3 is 0 Å². The van der Waals surface area contributed by atoms with Gasteiger partial charge in [-0.05, 0) is 24.1 Å². The van der Waals surface area contributed by atoms with Gasteiger partial charge in [-0.3, -0.25) is 10.5 Å². The Labute approximate surface area is 115 Å². The molecule has 3 N–H and O–H groups in total. The molecule has 0 radical (unpaired) electrons. The summed E-state index contributed by atoms with van der Waals surface area (Å²) in [6.07, 6.45) is 4.97. The van der Waals surface area contributed by atoms with Crippen LogP contribution >= 0.6 is 15.9 Å². The lowest BCUT2D eigenvalue weighted by Crippen LogP contribution is -2.28. The monoisotopic (exact) mass is 308 g/mol. The highest BCUT2D eigenvalue weighted by atomic mass is 79.9. The average Bonchev–Trinajstić information content (AvgIpc) is 2.82. The van der Waals surface area contributed by atoms with Crippen molar-refractivity contribution < 1.29 is 0 Å². The number of rotatable bonds is 5. The lowest BCUT2D eigenvalue weighted by Gasteiger charge is -2.14. The zero-order chi connectivity index (χ0) is 13.0. The summed E-state index contributed by atoms with van der Waals surface area (Å²) in [5.41, 5.74) is 5.04. The van der Waals surface area contributed by atoms with E-state index in [1.807, 2.05) is 41.3 Å². The smallest absolute Gasteiger partial charge is 0.0740 e. The summed E-state index contributed by atoms with van der Waals surface area (Å²) in [4.78, 5) is 0. The average molecular weight is 309 g/mol. The van der Waals surface area contributed by atoms with Crippen LogP contribution in [0.15, 0.2) is 41.1 Å². The van der Waals surface area contributed by atoms with E-state index < -0.39 is 0 Å². The third kappa shape index (κ3) is 2.98. The first-order chi connectivity index (χ1) is 8.74. The predicted molar refractivity (Wildman–Crippen MR) is 75.8 cm³/mol. The zero-order valence-corrected chi connectivity index (χ0v) is 11.9. The molecule has 18 heavy (non-hydrogen) atoms. The number of benzene rings is 1. The highest BCUT2D eigenvalue weighted by Crippen LogP contribution is 2.22. The number of hydrogen-bond acceptors (Lipinski definition) is 3. The zero-order valence-electron chi connectivity index (χ0n) is 10.3. The fraction of sp³-hybridized carbons (Fsp3) is 0.308. The van der Waals surface area contributed by atoms with E-state index in [1.165, 1.54) is 0 Å². The highest BCUT2D eigenvalue weighted by molar-refractivity contribution is 9.10. The third-order valence-corrected chi connectivity index (χ3v) is 3.34. The Bertz CT molecular complexity index is 492. The Morgan fingerprint density at radius 3 is 2.67 bits per heavy atom. The lowest BCUT2D eigenvalue weighted by molar-refractivity contribution is 0.598. The van der Waals surface area contributed by atoms with E-state index in [-0.39, 0.29) is 6.04 Å². The quantitative estimate of drug-likeness (QED) is 0.659. The standard InChI is InChI=1S/C13H17BrN4/c1-2-7-18-9-11(8-16-18)13(17-15)10-3-5-12(14)6-4-10/h3-6,8-9,13,17H,2,7,15H2,1H3. The lowest BCUT2D eigenvalue weighted by atomic mass is 10.0. The summed E-state index contributed by atoms with van der Waals surface area (Å²) < 4.78 is 3.00. The van der Waals surface area contributed by atoms with Crippen LogP contribution in [0.3, 0.4) is 0 Å². The molecule has 1 atom stereocenters. The van der Waals surface area contributed by atoms with Crippen molar-refractivity contribution in [3.05, 3.63) is 52.3 Å². The Hall–Kier alpha value is -1.17. The van der Waals surface area contributed by atoms with Crippen molar-refractivity contribution in [3.8, 4) is 0 Å².